The molecule has 0 amide bonds. The summed E-state index contributed by atoms with van der Waals surface area (Å²) < 4.78 is 0. The van der Waals surface area contributed by atoms with Crippen molar-refractivity contribution in [3.8, 4) is 0 Å². The molecule has 7 heteroatoms. The van der Waals surface area contributed by atoms with Crippen molar-refractivity contribution in [2.24, 2.45) is 0 Å². The monoisotopic (exact) mass is 255 g/mol. The van der Waals surface area contributed by atoms with Crippen LogP contribution in [0.15, 0.2) is 12.3 Å². The number of nitrogens with one attached hydrogen (secondary N) is 1. The number of aromatic amines is 1. The second kappa shape index (κ2) is 6.87. The highest BCUT2D eigenvalue weighted by Gasteiger charge is 2.16. The van der Waals surface area contributed by atoms with Crippen LogP contribution in [0, 0.1) is 10.1 Å². The van der Waals surface area contributed by atoms with Crippen molar-refractivity contribution in [1.82, 2.24) is 9.88 Å². The van der Waals surface area contributed by atoms with Gasteiger partial charge in [0.2, 0.25) is 0 Å². The number of Topliss-reactive ketones (excluding diaryl/α,β-unsaturated/α-hetero) is 1. The van der Waals surface area contributed by atoms with Crippen LogP contribution in [-0.4, -0.2) is 51.9 Å². The van der Waals surface area contributed by atoms with Crippen molar-refractivity contribution in [2.45, 2.75) is 13.3 Å². The minimum atomic E-state index is -0.551. The molecule has 0 aliphatic rings. The van der Waals surface area contributed by atoms with Gasteiger partial charge in [-0.15, -0.1) is 0 Å². The lowest BCUT2D eigenvalue weighted by molar-refractivity contribution is -0.384. The lowest BCUT2D eigenvalue weighted by Crippen LogP contribution is -2.33. The molecule has 0 radical (unpaired) electrons. The molecule has 1 rings (SSSR count). The van der Waals surface area contributed by atoms with Crippen molar-refractivity contribution < 1.29 is 14.8 Å². The summed E-state index contributed by atoms with van der Waals surface area (Å²) in [6, 6.07) is 1.23. The summed E-state index contributed by atoms with van der Waals surface area (Å²) in [6.07, 6.45) is 2.07. The van der Waals surface area contributed by atoms with Crippen molar-refractivity contribution >= 4 is 11.5 Å². The predicted molar refractivity (Wildman–Crippen MR) is 65.6 cm³/mol. The standard InChI is InChI=1S/C11H17N3O4/c1-2-3-13(4-5-15)8-11(16)10-6-9(7-12-10)14(17)18/h6-7,12,15H,2-5,8H2,1H3. The molecule has 1 aromatic rings. The first-order valence-corrected chi connectivity index (χ1v) is 5.77. The van der Waals surface area contributed by atoms with Crippen LogP contribution in [0.3, 0.4) is 0 Å². The van der Waals surface area contributed by atoms with Crippen LogP contribution in [0.1, 0.15) is 23.8 Å². The number of rotatable bonds is 8. The van der Waals surface area contributed by atoms with Crippen molar-refractivity contribution in [1.29, 1.82) is 0 Å². The van der Waals surface area contributed by atoms with Gasteiger partial charge < -0.3 is 10.1 Å². The Labute approximate surface area is 105 Å². The molecule has 0 saturated carbocycles. The second-order valence-corrected chi connectivity index (χ2v) is 3.95. The van der Waals surface area contributed by atoms with Gasteiger partial charge in [0.25, 0.3) is 5.69 Å². The molecule has 0 aromatic carbocycles. The van der Waals surface area contributed by atoms with Crippen LogP contribution in [0.5, 0.6) is 0 Å². The molecule has 0 saturated heterocycles. The van der Waals surface area contributed by atoms with E-state index in [-0.39, 0.29) is 30.3 Å². The topological polar surface area (TPSA) is 99.5 Å². The first kappa shape index (κ1) is 14.3. The van der Waals surface area contributed by atoms with Crippen LogP contribution in [-0.2, 0) is 0 Å². The molecule has 0 fully saturated rings. The largest absolute Gasteiger partial charge is 0.395 e. The van der Waals surface area contributed by atoms with Crippen molar-refractivity contribution in [3.63, 3.8) is 0 Å². The number of carbonyl (C=O) groups is 1. The number of aliphatic hydroxyl groups is 1. The molecule has 1 heterocycles. The lowest BCUT2D eigenvalue weighted by atomic mass is 10.2. The first-order chi connectivity index (χ1) is 8.58. The van der Waals surface area contributed by atoms with E-state index in [1.54, 1.807) is 0 Å². The van der Waals surface area contributed by atoms with Gasteiger partial charge in [0.1, 0.15) is 0 Å². The van der Waals surface area contributed by atoms with Crippen LogP contribution in [0.2, 0.25) is 0 Å². The van der Waals surface area contributed by atoms with E-state index < -0.39 is 4.92 Å². The Morgan fingerprint density at radius 2 is 2.28 bits per heavy atom. The fourth-order valence-electron chi connectivity index (χ4n) is 1.67. The number of aliphatic hydroxyl groups excluding tert-OH is 1. The zero-order valence-corrected chi connectivity index (χ0v) is 10.3. The van der Waals surface area contributed by atoms with Gasteiger partial charge in [0.15, 0.2) is 5.78 Å². The third-order valence-corrected chi connectivity index (χ3v) is 2.50. The van der Waals surface area contributed by atoms with Gasteiger partial charge in [0.05, 0.1) is 30.0 Å². The number of nitro groups is 1. The summed E-state index contributed by atoms with van der Waals surface area (Å²) in [5.74, 6) is -0.218. The summed E-state index contributed by atoms with van der Waals surface area (Å²) in [5.41, 5.74) is 0.100. The number of aromatic nitrogens is 1. The Kier molecular flexibility index (Phi) is 5.47. The summed E-state index contributed by atoms with van der Waals surface area (Å²) >= 11 is 0. The van der Waals surface area contributed by atoms with Crippen LogP contribution in [0.4, 0.5) is 5.69 Å². The van der Waals surface area contributed by atoms with Gasteiger partial charge in [-0.25, -0.2) is 0 Å². The zero-order valence-electron chi connectivity index (χ0n) is 10.3. The summed E-state index contributed by atoms with van der Waals surface area (Å²) in [6.45, 7) is 3.23. The van der Waals surface area contributed by atoms with E-state index in [0.717, 1.165) is 6.42 Å². The molecule has 100 valence electrons. The van der Waals surface area contributed by atoms with Gasteiger partial charge in [-0.1, -0.05) is 6.92 Å². The predicted octanol–water partition coefficient (Wildman–Crippen LogP) is 0.810. The average Bonchev–Trinajstić information content (AvgIpc) is 2.79. The average molecular weight is 255 g/mol. The van der Waals surface area contributed by atoms with Gasteiger partial charge >= 0.3 is 0 Å². The van der Waals surface area contributed by atoms with Crippen LogP contribution >= 0.6 is 0 Å². The normalized spacial score (nSPS) is 10.8. The molecule has 0 aliphatic carbocycles. The van der Waals surface area contributed by atoms with Gasteiger partial charge in [-0.2, -0.15) is 0 Å². The van der Waals surface area contributed by atoms with E-state index in [1.165, 1.54) is 12.3 Å². The van der Waals surface area contributed by atoms with E-state index in [2.05, 4.69) is 4.98 Å². The Morgan fingerprint density at radius 1 is 1.56 bits per heavy atom. The number of H-pyrrole nitrogens is 1. The fourth-order valence-corrected chi connectivity index (χ4v) is 1.67. The number of ketones is 1. The highest BCUT2D eigenvalue weighted by Crippen LogP contribution is 2.12. The maximum atomic E-state index is 11.9. The Balaban J connectivity index is 2.64. The molecule has 0 atom stereocenters. The number of carbonyl (C=O) groups excluding carboxylic acids is 1. The molecule has 0 aliphatic heterocycles. The fraction of sp³-hybridized carbons (Fsp3) is 0.545. The minimum absolute atomic E-state index is 0.0157. The molecule has 7 nitrogen and oxygen atoms in total. The summed E-state index contributed by atoms with van der Waals surface area (Å²) in [7, 11) is 0. The Hall–Kier alpha value is -1.73. The summed E-state index contributed by atoms with van der Waals surface area (Å²) in [5, 5.41) is 19.4. The summed E-state index contributed by atoms with van der Waals surface area (Å²) in [4.78, 5) is 26.2. The highest BCUT2D eigenvalue weighted by atomic mass is 16.6. The second-order valence-electron chi connectivity index (χ2n) is 3.95. The molecule has 1 aromatic heterocycles. The zero-order chi connectivity index (χ0) is 13.5. The number of hydrogen-bond donors (Lipinski definition) is 2. The third kappa shape index (κ3) is 3.94. The smallest absolute Gasteiger partial charge is 0.287 e. The molecule has 18 heavy (non-hydrogen) atoms. The molecule has 0 spiro atoms. The van der Waals surface area contributed by atoms with Crippen LogP contribution in [0.25, 0.3) is 0 Å². The lowest BCUT2D eigenvalue weighted by Gasteiger charge is -2.18. The molecule has 2 N–H and O–H groups in total. The highest BCUT2D eigenvalue weighted by molar-refractivity contribution is 5.96. The van der Waals surface area contributed by atoms with Crippen molar-refractivity contribution in [2.75, 3.05) is 26.2 Å². The first-order valence-electron chi connectivity index (χ1n) is 5.77. The maximum absolute atomic E-state index is 11.9. The number of nitrogens with zero attached hydrogens (tertiary/aromatic N) is 2. The third-order valence-electron chi connectivity index (χ3n) is 2.50. The Bertz CT molecular complexity index is 410. The van der Waals surface area contributed by atoms with E-state index in [0.29, 0.717) is 13.1 Å². The van der Waals surface area contributed by atoms with Gasteiger partial charge in [-0.05, 0) is 13.0 Å². The molecule has 0 unspecified atom stereocenters. The maximum Gasteiger partial charge on any atom is 0.287 e. The van der Waals surface area contributed by atoms with Crippen LogP contribution < -0.4 is 0 Å². The van der Waals surface area contributed by atoms with Gasteiger partial charge in [-0.3, -0.25) is 19.8 Å². The molecular weight excluding hydrogens is 238 g/mol. The van der Waals surface area contributed by atoms with E-state index in [1.807, 2.05) is 11.8 Å². The SMILES string of the molecule is CCCN(CCO)CC(=O)c1cc([N+](=O)[O-])c[nH]1. The Morgan fingerprint density at radius 3 is 2.78 bits per heavy atom. The molecular formula is C11H17N3O4. The van der Waals surface area contributed by atoms with Crippen molar-refractivity contribution in [3.05, 3.63) is 28.1 Å². The van der Waals surface area contributed by atoms with E-state index >= 15 is 0 Å². The quantitative estimate of drug-likeness (QED) is 0.407. The van der Waals surface area contributed by atoms with E-state index in [4.69, 9.17) is 5.11 Å². The minimum Gasteiger partial charge on any atom is -0.395 e. The van der Waals surface area contributed by atoms with Gasteiger partial charge in [0, 0.05) is 12.6 Å². The number of hydrogen-bond acceptors (Lipinski definition) is 5. The van der Waals surface area contributed by atoms with E-state index in [9.17, 15) is 14.9 Å². The molecule has 0 bridgehead atoms.